The van der Waals surface area contributed by atoms with Crippen LogP contribution in [0.3, 0.4) is 0 Å². The standard InChI is InChI=1S/C13H15ClN2O2/c1-3-8(2)12(13(17)18)16-10-5-4-9(7-15)11(14)6-10/h4-6,8,12,16H,3H2,1-2H3,(H,17,18)/t8-,12-/m0/s1. The van der Waals surface area contributed by atoms with Gasteiger partial charge in [-0.05, 0) is 24.1 Å². The monoisotopic (exact) mass is 266 g/mol. The first-order chi connectivity index (χ1) is 8.49. The van der Waals surface area contributed by atoms with Gasteiger partial charge in [0.05, 0.1) is 10.6 Å². The van der Waals surface area contributed by atoms with Gasteiger partial charge in [0.2, 0.25) is 0 Å². The highest BCUT2D eigenvalue weighted by atomic mass is 35.5. The fourth-order valence-electron chi connectivity index (χ4n) is 1.56. The number of hydrogen-bond acceptors (Lipinski definition) is 3. The minimum atomic E-state index is -0.898. The van der Waals surface area contributed by atoms with Gasteiger partial charge in [-0.3, -0.25) is 0 Å². The van der Waals surface area contributed by atoms with Crippen molar-refractivity contribution in [2.75, 3.05) is 5.32 Å². The summed E-state index contributed by atoms with van der Waals surface area (Å²) in [5, 5.41) is 21.2. The topological polar surface area (TPSA) is 73.1 Å². The number of carbonyl (C=O) groups is 1. The predicted octanol–water partition coefficient (Wildman–Crippen LogP) is 3.12. The third-order valence-electron chi connectivity index (χ3n) is 2.89. The highest BCUT2D eigenvalue weighted by molar-refractivity contribution is 6.32. The molecule has 0 radical (unpaired) electrons. The molecule has 0 spiro atoms. The molecule has 0 fully saturated rings. The van der Waals surface area contributed by atoms with Crippen LogP contribution < -0.4 is 5.32 Å². The van der Waals surface area contributed by atoms with E-state index in [9.17, 15) is 4.79 Å². The number of aliphatic carboxylic acids is 1. The van der Waals surface area contributed by atoms with Gasteiger partial charge in [0.15, 0.2) is 0 Å². The highest BCUT2D eigenvalue weighted by Gasteiger charge is 2.23. The van der Waals surface area contributed by atoms with Crippen LogP contribution in [-0.4, -0.2) is 17.1 Å². The summed E-state index contributed by atoms with van der Waals surface area (Å²) < 4.78 is 0. The number of rotatable bonds is 5. The van der Waals surface area contributed by atoms with Crippen LogP contribution in [0, 0.1) is 17.2 Å². The molecule has 0 bridgehead atoms. The molecular formula is C13H15ClN2O2. The Morgan fingerprint density at radius 3 is 2.72 bits per heavy atom. The first-order valence-corrected chi connectivity index (χ1v) is 6.06. The minimum Gasteiger partial charge on any atom is -0.480 e. The molecule has 1 rings (SSSR count). The molecule has 0 aliphatic rings. The lowest BCUT2D eigenvalue weighted by Crippen LogP contribution is -2.35. The Kier molecular flexibility index (Phi) is 4.99. The number of carboxylic acids is 1. The minimum absolute atomic E-state index is 0.00285. The van der Waals surface area contributed by atoms with Gasteiger partial charge < -0.3 is 10.4 Å². The molecule has 0 heterocycles. The molecule has 0 saturated carbocycles. The summed E-state index contributed by atoms with van der Waals surface area (Å²) in [4.78, 5) is 11.2. The van der Waals surface area contributed by atoms with E-state index in [1.807, 2.05) is 19.9 Å². The summed E-state index contributed by atoms with van der Waals surface area (Å²) in [6, 6.07) is 6.08. The van der Waals surface area contributed by atoms with Crippen molar-refractivity contribution in [2.45, 2.75) is 26.3 Å². The molecule has 1 aromatic rings. The quantitative estimate of drug-likeness (QED) is 0.859. The summed E-state index contributed by atoms with van der Waals surface area (Å²) in [6.07, 6.45) is 0.758. The molecule has 1 aromatic carbocycles. The Labute approximate surface area is 111 Å². The first kappa shape index (κ1) is 14.3. The van der Waals surface area contributed by atoms with Crippen molar-refractivity contribution in [3.63, 3.8) is 0 Å². The van der Waals surface area contributed by atoms with Crippen LogP contribution in [-0.2, 0) is 4.79 Å². The van der Waals surface area contributed by atoms with Crippen LogP contribution in [0.4, 0.5) is 5.69 Å². The number of anilines is 1. The molecule has 4 nitrogen and oxygen atoms in total. The zero-order chi connectivity index (χ0) is 13.7. The molecule has 2 atom stereocenters. The Hall–Kier alpha value is -1.73. The largest absolute Gasteiger partial charge is 0.480 e. The van der Waals surface area contributed by atoms with Crippen molar-refractivity contribution in [3.8, 4) is 6.07 Å². The van der Waals surface area contributed by atoms with Crippen molar-refractivity contribution in [1.82, 2.24) is 0 Å². The molecule has 5 heteroatoms. The van der Waals surface area contributed by atoms with E-state index in [1.165, 1.54) is 0 Å². The normalized spacial score (nSPS) is 13.4. The van der Waals surface area contributed by atoms with Gasteiger partial charge in [0.1, 0.15) is 12.1 Å². The molecule has 0 saturated heterocycles. The second-order valence-electron chi connectivity index (χ2n) is 4.15. The number of hydrogen-bond donors (Lipinski definition) is 2. The highest BCUT2D eigenvalue weighted by Crippen LogP contribution is 2.22. The summed E-state index contributed by atoms with van der Waals surface area (Å²) in [7, 11) is 0. The molecule has 0 unspecified atom stereocenters. The van der Waals surface area contributed by atoms with Gasteiger partial charge in [0.25, 0.3) is 0 Å². The summed E-state index contributed by atoms with van der Waals surface area (Å²) in [6.45, 7) is 3.81. The van der Waals surface area contributed by atoms with E-state index in [2.05, 4.69) is 5.32 Å². The molecular weight excluding hydrogens is 252 g/mol. The molecule has 96 valence electrons. The molecule has 18 heavy (non-hydrogen) atoms. The summed E-state index contributed by atoms with van der Waals surface area (Å²) in [5.41, 5.74) is 0.976. The van der Waals surface area contributed by atoms with Gasteiger partial charge in [0, 0.05) is 5.69 Å². The molecule has 2 N–H and O–H groups in total. The SMILES string of the molecule is CC[C@H](C)[C@H](Nc1ccc(C#N)c(Cl)c1)C(=O)O. The van der Waals surface area contributed by atoms with Gasteiger partial charge in [-0.2, -0.15) is 5.26 Å². The Bertz CT molecular complexity index is 482. The van der Waals surface area contributed by atoms with Gasteiger partial charge in [-0.25, -0.2) is 4.79 Å². The van der Waals surface area contributed by atoms with Crippen LogP contribution in [0.25, 0.3) is 0 Å². The fourth-order valence-corrected chi connectivity index (χ4v) is 1.78. The average Bonchev–Trinajstić information content (AvgIpc) is 2.35. The third kappa shape index (κ3) is 3.38. The lowest BCUT2D eigenvalue weighted by Gasteiger charge is -2.21. The zero-order valence-corrected chi connectivity index (χ0v) is 11.0. The average molecular weight is 267 g/mol. The van der Waals surface area contributed by atoms with Crippen LogP contribution >= 0.6 is 11.6 Å². The van der Waals surface area contributed by atoms with Gasteiger partial charge >= 0.3 is 5.97 Å². The molecule has 0 aromatic heterocycles. The lowest BCUT2D eigenvalue weighted by molar-refractivity contribution is -0.139. The van der Waals surface area contributed by atoms with Crippen molar-refractivity contribution in [2.24, 2.45) is 5.92 Å². The number of carboxylic acid groups (broad SMARTS) is 1. The van der Waals surface area contributed by atoms with E-state index < -0.39 is 12.0 Å². The number of halogens is 1. The van der Waals surface area contributed by atoms with Crippen molar-refractivity contribution in [3.05, 3.63) is 28.8 Å². The number of nitriles is 1. The van der Waals surface area contributed by atoms with E-state index in [1.54, 1.807) is 18.2 Å². The Morgan fingerprint density at radius 2 is 2.28 bits per heavy atom. The van der Waals surface area contributed by atoms with E-state index in [4.69, 9.17) is 22.0 Å². The Balaban J connectivity index is 2.92. The van der Waals surface area contributed by atoms with E-state index >= 15 is 0 Å². The van der Waals surface area contributed by atoms with E-state index in [0.717, 1.165) is 6.42 Å². The molecule has 0 aliphatic heterocycles. The summed E-state index contributed by atoms with van der Waals surface area (Å²) in [5.74, 6) is -0.901. The fraction of sp³-hybridized carbons (Fsp3) is 0.385. The first-order valence-electron chi connectivity index (χ1n) is 5.68. The van der Waals surface area contributed by atoms with Crippen molar-refractivity contribution < 1.29 is 9.90 Å². The van der Waals surface area contributed by atoms with Gasteiger partial charge in [-0.1, -0.05) is 31.9 Å². The van der Waals surface area contributed by atoms with Crippen molar-refractivity contribution in [1.29, 1.82) is 5.26 Å². The second-order valence-corrected chi connectivity index (χ2v) is 4.56. The number of nitrogens with one attached hydrogen (secondary N) is 1. The van der Waals surface area contributed by atoms with Crippen LogP contribution in [0.15, 0.2) is 18.2 Å². The number of benzene rings is 1. The summed E-state index contributed by atoms with van der Waals surface area (Å²) >= 11 is 5.90. The smallest absolute Gasteiger partial charge is 0.326 e. The van der Waals surface area contributed by atoms with Crippen LogP contribution in [0.5, 0.6) is 0 Å². The van der Waals surface area contributed by atoms with Gasteiger partial charge in [-0.15, -0.1) is 0 Å². The predicted molar refractivity (Wildman–Crippen MR) is 70.7 cm³/mol. The maximum Gasteiger partial charge on any atom is 0.326 e. The maximum absolute atomic E-state index is 11.2. The second kappa shape index (κ2) is 6.27. The van der Waals surface area contributed by atoms with E-state index in [0.29, 0.717) is 16.3 Å². The molecule has 0 amide bonds. The van der Waals surface area contributed by atoms with Crippen LogP contribution in [0.1, 0.15) is 25.8 Å². The maximum atomic E-state index is 11.2. The number of nitrogens with zero attached hydrogens (tertiary/aromatic N) is 1. The lowest BCUT2D eigenvalue weighted by atomic mass is 9.99. The molecule has 0 aliphatic carbocycles. The van der Waals surface area contributed by atoms with Crippen LogP contribution in [0.2, 0.25) is 5.02 Å². The van der Waals surface area contributed by atoms with Crippen molar-refractivity contribution >= 4 is 23.3 Å². The Morgan fingerprint density at radius 1 is 1.61 bits per heavy atom. The third-order valence-corrected chi connectivity index (χ3v) is 3.20. The van der Waals surface area contributed by atoms with E-state index in [-0.39, 0.29) is 5.92 Å². The zero-order valence-electron chi connectivity index (χ0n) is 10.3.